The first-order valence-corrected chi connectivity index (χ1v) is 6.86. The summed E-state index contributed by atoms with van der Waals surface area (Å²) in [5.74, 6) is -0.446. The predicted octanol–water partition coefficient (Wildman–Crippen LogP) is 1.02. The number of hydrogen-bond acceptors (Lipinski definition) is 4. The second-order valence-electron chi connectivity index (χ2n) is 4.44. The molecule has 0 spiro atoms. The Balaban J connectivity index is 2.55. The van der Waals surface area contributed by atoms with E-state index >= 15 is 0 Å². The molecule has 2 amide bonds. The van der Waals surface area contributed by atoms with Crippen LogP contribution in [-0.2, 0) is 4.79 Å². The number of carbonyl (C=O) groups is 2. The summed E-state index contributed by atoms with van der Waals surface area (Å²) in [4.78, 5) is 25.4. The third-order valence-corrected chi connectivity index (χ3v) is 3.19. The maximum atomic E-state index is 12.1. The summed E-state index contributed by atoms with van der Waals surface area (Å²) in [6, 6.07) is 3.22. The quantitative estimate of drug-likeness (QED) is 0.745. The van der Waals surface area contributed by atoms with Gasteiger partial charge < -0.3 is 19.7 Å². The van der Waals surface area contributed by atoms with Crippen LogP contribution in [-0.4, -0.2) is 47.6 Å². The highest BCUT2D eigenvalue weighted by Gasteiger charge is 2.21. The van der Waals surface area contributed by atoms with Gasteiger partial charge >= 0.3 is 0 Å². The Morgan fingerprint density at radius 3 is 2.60 bits per heavy atom. The van der Waals surface area contributed by atoms with E-state index in [1.807, 2.05) is 13.8 Å². The summed E-state index contributed by atoms with van der Waals surface area (Å²) < 4.78 is 4.95. The molecule has 20 heavy (non-hydrogen) atoms. The van der Waals surface area contributed by atoms with Crippen LogP contribution < -0.4 is 5.32 Å². The van der Waals surface area contributed by atoms with E-state index in [4.69, 9.17) is 9.52 Å². The molecule has 0 aliphatic heterocycles. The highest BCUT2D eigenvalue weighted by Crippen LogP contribution is 2.08. The predicted molar refractivity (Wildman–Crippen MR) is 74.2 cm³/mol. The zero-order valence-corrected chi connectivity index (χ0v) is 12.0. The van der Waals surface area contributed by atoms with E-state index in [0.717, 1.165) is 12.8 Å². The minimum Gasteiger partial charge on any atom is -0.459 e. The van der Waals surface area contributed by atoms with Gasteiger partial charge in [-0.2, -0.15) is 0 Å². The maximum absolute atomic E-state index is 12.1. The molecule has 0 atom stereocenters. The Morgan fingerprint density at radius 1 is 1.40 bits per heavy atom. The molecule has 0 aliphatic carbocycles. The molecular formula is C14H22N2O4. The summed E-state index contributed by atoms with van der Waals surface area (Å²) in [7, 11) is 0. The molecule has 0 saturated heterocycles. The average molecular weight is 282 g/mol. The van der Waals surface area contributed by atoms with Crippen LogP contribution in [0.4, 0.5) is 0 Å². The van der Waals surface area contributed by atoms with Crippen LogP contribution in [0.1, 0.15) is 37.2 Å². The van der Waals surface area contributed by atoms with E-state index < -0.39 is 5.91 Å². The normalized spacial score (nSPS) is 10.6. The topological polar surface area (TPSA) is 82.8 Å². The minimum atomic E-state index is -0.420. The van der Waals surface area contributed by atoms with Gasteiger partial charge in [-0.05, 0) is 25.0 Å². The van der Waals surface area contributed by atoms with Crippen LogP contribution in [0, 0.1) is 0 Å². The van der Waals surface area contributed by atoms with Crippen molar-refractivity contribution < 1.29 is 19.1 Å². The van der Waals surface area contributed by atoms with Crippen LogP contribution in [0.25, 0.3) is 0 Å². The molecule has 0 unspecified atom stereocenters. The summed E-state index contributed by atoms with van der Waals surface area (Å²) >= 11 is 0. The summed E-state index contributed by atoms with van der Waals surface area (Å²) in [6.07, 6.45) is 3.03. The average Bonchev–Trinajstić information content (AvgIpc) is 2.99. The molecule has 0 bridgehead atoms. The zero-order chi connectivity index (χ0) is 15.0. The number of hydrogen-bond donors (Lipinski definition) is 2. The summed E-state index contributed by atoms with van der Waals surface area (Å²) in [5.41, 5.74) is 0. The molecular weight excluding hydrogens is 260 g/mol. The lowest BCUT2D eigenvalue weighted by atomic mass is 10.1. The molecule has 0 aliphatic rings. The Kier molecular flexibility index (Phi) is 6.79. The Morgan fingerprint density at radius 2 is 2.10 bits per heavy atom. The number of nitrogens with one attached hydrogen (secondary N) is 1. The van der Waals surface area contributed by atoms with Gasteiger partial charge in [0.05, 0.1) is 19.4 Å². The van der Waals surface area contributed by atoms with Crippen molar-refractivity contribution in [1.29, 1.82) is 0 Å². The lowest BCUT2D eigenvalue weighted by Gasteiger charge is -2.30. The monoisotopic (exact) mass is 282 g/mol. The van der Waals surface area contributed by atoms with Crippen molar-refractivity contribution in [2.24, 2.45) is 0 Å². The molecule has 1 heterocycles. The Bertz CT molecular complexity index is 413. The van der Waals surface area contributed by atoms with E-state index in [0.29, 0.717) is 0 Å². The summed E-state index contributed by atoms with van der Waals surface area (Å²) in [6.45, 7) is 4.08. The zero-order valence-electron chi connectivity index (χ0n) is 12.0. The van der Waals surface area contributed by atoms with Crippen molar-refractivity contribution >= 4 is 11.8 Å². The first-order valence-electron chi connectivity index (χ1n) is 6.86. The van der Waals surface area contributed by atoms with Crippen molar-refractivity contribution in [1.82, 2.24) is 10.2 Å². The molecule has 1 rings (SSSR count). The lowest BCUT2D eigenvalue weighted by Crippen LogP contribution is -2.46. The number of aliphatic hydroxyl groups is 1. The molecule has 0 saturated carbocycles. The van der Waals surface area contributed by atoms with Gasteiger partial charge in [0.2, 0.25) is 5.91 Å². The molecule has 0 radical (unpaired) electrons. The van der Waals surface area contributed by atoms with Gasteiger partial charge in [0.1, 0.15) is 0 Å². The van der Waals surface area contributed by atoms with Crippen molar-refractivity contribution in [3.05, 3.63) is 24.2 Å². The molecule has 1 aromatic rings. The van der Waals surface area contributed by atoms with E-state index in [1.54, 1.807) is 11.0 Å². The van der Waals surface area contributed by atoms with Crippen LogP contribution >= 0.6 is 0 Å². The molecule has 0 aromatic carbocycles. The molecule has 2 N–H and O–H groups in total. The number of furan rings is 1. The highest BCUT2D eigenvalue weighted by atomic mass is 16.3. The number of amides is 2. The van der Waals surface area contributed by atoms with Crippen molar-refractivity contribution in [2.45, 2.75) is 32.7 Å². The number of nitrogens with zero attached hydrogens (tertiary/aromatic N) is 1. The third kappa shape index (κ3) is 4.38. The number of rotatable bonds is 8. The lowest BCUT2D eigenvalue weighted by molar-refractivity contribution is -0.133. The largest absolute Gasteiger partial charge is 0.459 e. The second-order valence-corrected chi connectivity index (χ2v) is 4.44. The third-order valence-electron chi connectivity index (χ3n) is 3.19. The van der Waals surface area contributed by atoms with Crippen LogP contribution in [0.5, 0.6) is 0 Å². The SMILES string of the molecule is CCC(CC)N(CCO)C(=O)CNC(=O)c1ccco1. The van der Waals surface area contributed by atoms with E-state index in [2.05, 4.69) is 5.32 Å². The van der Waals surface area contributed by atoms with Crippen LogP contribution in [0.3, 0.4) is 0 Å². The van der Waals surface area contributed by atoms with Crippen molar-refractivity contribution in [2.75, 3.05) is 19.7 Å². The number of carbonyl (C=O) groups excluding carboxylic acids is 2. The van der Waals surface area contributed by atoms with Crippen LogP contribution in [0.2, 0.25) is 0 Å². The standard InChI is InChI=1S/C14H22N2O4/c1-3-11(4-2)16(7-8-17)13(18)10-15-14(19)12-6-5-9-20-12/h5-6,9,11,17H,3-4,7-8,10H2,1-2H3,(H,15,19). The molecule has 1 aromatic heterocycles. The molecule has 0 fully saturated rings. The van der Waals surface area contributed by atoms with Gasteiger partial charge in [-0.3, -0.25) is 9.59 Å². The number of aliphatic hydroxyl groups excluding tert-OH is 1. The van der Waals surface area contributed by atoms with Gasteiger partial charge in [0.25, 0.3) is 5.91 Å². The molecule has 6 heteroatoms. The minimum absolute atomic E-state index is 0.0789. The first kappa shape index (κ1) is 16.2. The molecule has 112 valence electrons. The van der Waals surface area contributed by atoms with E-state index in [1.165, 1.54) is 12.3 Å². The fourth-order valence-corrected chi connectivity index (χ4v) is 2.10. The first-order chi connectivity index (χ1) is 9.63. The maximum Gasteiger partial charge on any atom is 0.287 e. The Hall–Kier alpha value is -1.82. The Labute approximate surface area is 118 Å². The van der Waals surface area contributed by atoms with Crippen molar-refractivity contribution in [3.63, 3.8) is 0 Å². The smallest absolute Gasteiger partial charge is 0.287 e. The fourth-order valence-electron chi connectivity index (χ4n) is 2.10. The fraction of sp³-hybridized carbons (Fsp3) is 0.571. The van der Waals surface area contributed by atoms with E-state index in [9.17, 15) is 9.59 Å². The molecule has 6 nitrogen and oxygen atoms in total. The van der Waals surface area contributed by atoms with Gasteiger partial charge in [-0.1, -0.05) is 13.8 Å². The van der Waals surface area contributed by atoms with E-state index in [-0.39, 0.29) is 37.4 Å². The van der Waals surface area contributed by atoms with Crippen molar-refractivity contribution in [3.8, 4) is 0 Å². The second kappa shape index (κ2) is 8.37. The van der Waals surface area contributed by atoms with Gasteiger partial charge in [-0.25, -0.2) is 0 Å². The highest BCUT2D eigenvalue weighted by molar-refractivity contribution is 5.94. The van der Waals surface area contributed by atoms with Gasteiger partial charge in [0, 0.05) is 12.6 Å². The summed E-state index contributed by atoms with van der Waals surface area (Å²) in [5, 5.41) is 11.6. The van der Waals surface area contributed by atoms with Crippen LogP contribution in [0.15, 0.2) is 22.8 Å². The van der Waals surface area contributed by atoms with Gasteiger partial charge in [0.15, 0.2) is 5.76 Å². The van der Waals surface area contributed by atoms with Gasteiger partial charge in [-0.15, -0.1) is 0 Å².